The number of carboxylic acids is 1. The van der Waals surface area contributed by atoms with E-state index in [1.54, 1.807) is 30.2 Å². The monoisotopic (exact) mass is 552 g/mol. The molecule has 0 saturated carbocycles. The Kier molecular flexibility index (Phi) is 7.60. The first-order valence-corrected chi connectivity index (χ1v) is 11.4. The van der Waals surface area contributed by atoms with E-state index in [4.69, 9.17) is 9.47 Å². The Morgan fingerprint density at radius 3 is 2.71 bits per heavy atom. The lowest BCUT2D eigenvalue weighted by Crippen LogP contribution is -2.28. The van der Waals surface area contributed by atoms with Gasteiger partial charge in [-0.3, -0.25) is 9.69 Å². The number of hydrogen-bond acceptors (Lipinski definition) is 6. The van der Waals surface area contributed by atoms with Crippen LogP contribution < -0.4 is 9.47 Å². The number of halogens is 1. The summed E-state index contributed by atoms with van der Waals surface area (Å²) in [5, 5.41) is 9.70. The Morgan fingerprint density at radius 1 is 1.29 bits per heavy atom. The van der Waals surface area contributed by atoms with Crippen LogP contribution in [-0.2, 0) is 4.79 Å². The van der Waals surface area contributed by atoms with Crippen molar-refractivity contribution in [2.75, 3.05) is 20.3 Å². The van der Waals surface area contributed by atoms with Crippen LogP contribution in [0.5, 0.6) is 11.5 Å². The average molecular weight is 552 g/mol. The minimum atomic E-state index is -1.02. The molecule has 1 aliphatic rings. The van der Waals surface area contributed by atoms with Gasteiger partial charge in [-0.2, -0.15) is 0 Å². The first-order chi connectivity index (χ1) is 14.9. The van der Waals surface area contributed by atoms with Crippen LogP contribution in [0.3, 0.4) is 0 Å². The van der Waals surface area contributed by atoms with Gasteiger partial charge in [-0.25, -0.2) is 9.79 Å². The molecule has 1 heterocycles. The maximum absolute atomic E-state index is 12.9. The number of carboxylic acid groups (broad SMARTS) is 1. The fourth-order valence-electron chi connectivity index (χ4n) is 2.95. The predicted octanol–water partition coefficient (Wildman–Crippen LogP) is 5.02. The zero-order chi connectivity index (χ0) is 22.5. The van der Waals surface area contributed by atoms with Crippen molar-refractivity contribution in [3.63, 3.8) is 0 Å². The molecular weight excluding hydrogens is 531 g/mol. The summed E-state index contributed by atoms with van der Waals surface area (Å²) in [6, 6.07) is 10.1. The van der Waals surface area contributed by atoms with Crippen molar-refractivity contribution in [2.24, 2.45) is 4.99 Å². The number of carbonyl (C=O) groups excluding carboxylic acids is 1. The highest BCUT2D eigenvalue weighted by Gasteiger charge is 2.32. The van der Waals surface area contributed by atoms with Gasteiger partial charge in [0.05, 0.1) is 33.4 Å². The summed E-state index contributed by atoms with van der Waals surface area (Å²) >= 11 is 3.44. The second-order valence-corrected chi connectivity index (χ2v) is 8.55. The quantitative estimate of drug-likeness (QED) is 0.384. The number of aliphatic imine (C=N–C) groups is 1. The molecule has 0 aliphatic carbocycles. The number of thioether (sulfide) groups is 1. The molecule has 1 N–H and O–H groups in total. The van der Waals surface area contributed by atoms with Gasteiger partial charge in [-0.1, -0.05) is 6.07 Å². The van der Waals surface area contributed by atoms with Crippen molar-refractivity contribution in [3.8, 4) is 11.5 Å². The molecule has 0 spiro atoms. The number of likely N-dealkylation sites (N-methyl/N-ethyl adjacent to an activating group) is 1. The third-order valence-corrected chi connectivity index (χ3v) is 6.17. The second-order valence-electron chi connectivity index (χ2n) is 6.38. The second kappa shape index (κ2) is 10.2. The van der Waals surface area contributed by atoms with Crippen molar-refractivity contribution < 1.29 is 24.2 Å². The third-order valence-electron chi connectivity index (χ3n) is 4.36. The van der Waals surface area contributed by atoms with Crippen molar-refractivity contribution in [2.45, 2.75) is 13.8 Å². The summed E-state index contributed by atoms with van der Waals surface area (Å²) in [6.45, 7) is 4.75. The Hall–Kier alpha value is -2.53. The zero-order valence-corrected chi connectivity index (χ0v) is 20.2. The molecule has 0 atom stereocenters. The molecule has 1 saturated heterocycles. The molecule has 0 unspecified atom stereocenters. The summed E-state index contributed by atoms with van der Waals surface area (Å²) in [4.78, 5) is 30.8. The van der Waals surface area contributed by atoms with Crippen LogP contribution in [0.25, 0.3) is 6.08 Å². The normalized spacial score (nSPS) is 16.3. The fourth-order valence-corrected chi connectivity index (χ4v) is 4.79. The highest BCUT2D eigenvalue weighted by atomic mass is 127. The van der Waals surface area contributed by atoms with E-state index >= 15 is 0 Å². The standard InChI is InChI=1S/C22H21IN2O5S/c1-4-25-20(26)18(11-13-9-16(23)19(30-5-2)17(10-13)29-3)31-22(25)24-15-8-6-7-14(12-15)21(27)28/h6-12H,4-5H2,1-3H3,(H,27,28)/b18-11+,24-22?. The van der Waals surface area contributed by atoms with Crippen LogP contribution in [-0.4, -0.2) is 47.3 Å². The molecule has 162 valence electrons. The fraction of sp³-hybridized carbons (Fsp3) is 0.227. The van der Waals surface area contributed by atoms with E-state index in [0.29, 0.717) is 40.4 Å². The molecule has 7 nitrogen and oxygen atoms in total. The summed E-state index contributed by atoms with van der Waals surface area (Å²) in [7, 11) is 1.58. The van der Waals surface area contributed by atoms with Crippen molar-refractivity contribution in [1.82, 2.24) is 4.90 Å². The van der Waals surface area contributed by atoms with E-state index in [-0.39, 0.29) is 11.5 Å². The zero-order valence-electron chi connectivity index (χ0n) is 17.2. The molecule has 3 rings (SSSR count). The number of rotatable bonds is 7. The number of aromatic carboxylic acids is 1. The molecule has 0 aromatic heterocycles. The van der Waals surface area contributed by atoms with Crippen molar-refractivity contribution in [1.29, 1.82) is 0 Å². The molecule has 2 aromatic carbocycles. The molecule has 9 heteroatoms. The van der Waals surface area contributed by atoms with Crippen LogP contribution in [0.4, 0.5) is 5.69 Å². The first-order valence-electron chi connectivity index (χ1n) is 9.51. The summed E-state index contributed by atoms with van der Waals surface area (Å²) in [5.74, 6) is 0.101. The maximum atomic E-state index is 12.9. The lowest BCUT2D eigenvalue weighted by Gasteiger charge is -2.12. The van der Waals surface area contributed by atoms with Crippen LogP contribution in [0.2, 0.25) is 0 Å². The number of amidine groups is 1. The summed E-state index contributed by atoms with van der Waals surface area (Å²) < 4.78 is 12.0. The lowest BCUT2D eigenvalue weighted by atomic mass is 10.2. The van der Waals surface area contributed by atoms with Crippen LogP contribution in [0.15, 0.2) is 46.3 Å². The molecule has 2 aromatic rings. The van der Waals surface area contributed by atoms with Gasteiger partial charge in [0.1, 0.15) is 0 Å². The molecule has 1 aliphatic heterocycles. The van der Waals surface area contributed by atoms with E-state index in [9.17, 15) is 14.7 Å². The summed E-state index contributed by atoms with van der Waals surface area (Å²) in [5.41, 5.74) is 1.43. The molecule has 0 radical (unpaired) electrons. The number of methoxy groups -OCH3 is 1. The molecule has 31 heavy (non-hydrogen) atoms. The SMILES string of the molecule is CCOc1c(I)cc(/C=C2/SC(=Nc3cccc(C(=O)O)c3)N(CC)C2=O)cc1OC. The smallest absolute Gasteiger partial charge is 0.335 e. The van der Waals surface area contributed by atoms with E-state index in [0.717, 1.165) is 9.13 Å². The van der Waals surface area contributed by atoms with Gasteiger partial charge in [0.15, 0.2) is 16.7 Å². The van der Waals surface area contributed by atoms with E-state index < -0.39 is 5.97 Å². The van der Waals surface area contributed by atoms with Gasteiger partial charge in [-0.15, -0.1) is 0 Å². The van der Waals surface area contributed by atoms with Crippen LogP contribution in [0.1, 0.15) is 29.8 Å². The minimum Gasteiger partial charge on any atom is -0.493 e. The van der Waals surface area contributed by atoms with Gasteiger partial charge in [0.25, 0.3) is 5.91 Å². The molecule has 1 fully saturated rings. The highest BCUT2D eigenvalue weighted by molar-refractivity contribution is 14.1. The number of hydrogen-bond donors (Lipinski definition) is 1. The Balaban J connectivity index is 1.96. The predicted molar refractivity (Wildman–Crippen MR) is 130 cm³/mol. The van der Waals surface area contributed by atoms with Crippen LogP contribution >= 0.6 is 34.4 Å². The molecular formula is C22H21IN2O5S. The van der Waals surface area contributed by atoms with Gasteiger partial charge in [-0.05, 0) is 90.2 Å². The van der Waals surface area contributed by atoms with Gasteiger partial charge >= 0.3 is 5.97 Å². The van der Waals surface area contributed by atoms with Crippen molar-refractivity contribution >= 4 is 63.2 Å². The van der Waals surface area contributed by atoms with E-state index in [1.165, 1.54) is 23.9 Å². The Bertz CT molecular complexity index is 1080. The number of amides is 1. The van der Waals surface area contributed by atoms with Crippen LogP contribution in [0, 0.1) is 3.57 Å². The van der Waals surface area contributed by atoms with Gasteiger partial charge < -0.3 is 14.6 Å². The topological polar surface area (TPSA) is 88.4 Å². The third kappa shape index (κ3) is 5.21. The van der Waals surface area contributed by atoms with Gasteiger partial charge in [0.2, 0.25) is 0 Å². The minimum absolute atomic E-state index is 0.144. The highest BCUT2D eigenvalue weighted by Crippen LogP contribution is 2.38. The first kappa shape index (κ1) is 23.1. The Labute approximate surface area is 198 Å². The number of nitrogens with zero attached hydrogens (tertiary/aromatic N) is 2. The average Bonchev–Trinajstić information content (AvgIpc) is 3.03. The van der Waals surface area contributed by atoms with Crippen molar-refractivity contribution in [3.05, 3.63) is 56.0 Å². The van der Waals surface area contributed by atoms with E-state index in [1.807, 2.05) is 26.0 Å². The number of benzene rings is 2. The number of carbonyl (C=O) groups is 2. The number of ether oxygens (including phenoxy) is 2. The molecule has 0 bridgehead atoms. The van der Waals surface area contributed by atoms with Gasteiger partial charge in [0, 0.05) is 6.54 Å². The van der Waals surface area contributed by atoms with E-state index in [2.05, 4.69) is 27.6 Å². The Morgan fingerprint density at radius 2 is 2.06 bits per heavy atom. The largest absolute Gasteiger partial charge is 0.493 e. The molecule has 1 amide bonds. The maximum Gasteiger partial charge on any atom is 0.335 e. The lowest BCUT2D eigenvalue weighted by molar-refractivity contribution is -0.122. The summed E-state index contributed by atoms with van der Waals surface area (Å²) in [6.07, 6.45) is 1.80.